The molecule has 0 radical (unpaired) electrons. The Morgan fingerprint density at radius 2 is 1.68 bits per heavy atom. The molecule has 0 aliphatic rings. The zero-order chi connectivity index (χ0) is 16.1. The molecule has 1 atom stereocenters. The number of hydrogen-bond acceptors (Lipinski definition) is 1. The standard InChI is InChI=1S/C20H25NO/c1-14-5-8-18(9-6-14)10-12-20(22)21-17(4)19-11-7-15(2)16(3)13-19/h5-9,11,13,17H,10,12H2,1-4H3,(H,21,22)/t17-/m1/s1. The second-order valence-corrected chi connectivity index (χ2v) is 6.12. The van der Waals surface area contributed by atoms with Crippen LogP contribution in [0.3, 0.4) is 0 Å². The maximum atomic E-state index is 12.1. The Bertz CT molecular complexity index is 643. The molecule has 0 aliphatic carbocycles. The number of amides is 1. The third kappa shape index (κ3) is 4.45. The lowest BCUT2D eigenvalue weighted by atomic mass is 10.0. The summed E-state index contributed by atoms with van der Waals surface area (Å²) in [4.78, 5) is 12.1. The van der Waals surface area contributed by atoms with Gasteiger partial charge in [0, 0.05) is 6.42 Å². The van der Waals surface area contributed by atoms with Gasteiger partial charge >= 0.3 is 0 Å². The fourth-order valence-corrected chi connectivity index (χ4v) is 2.44. The molecule has 2 nitrogen and oxygen atoms in total. The van der Waals surface area contributed by atoms with E-state index in [1.807, 2.05) is 6.92 Å². The first-order valence-electron chi connectivity index (χ1n) is 7.88. The topological polar surface area (TPSA) is 29.1 Å². The highest BCUT2D eigenvalue weighted by Crippen LogP contribution is 2.17. The van der Waals surface area contributed by atoms with Crippen LogP contribution in [0.1, 0.15) is 47.2 Å². The van der Waals surface area contributed by atoms with Crippen LogP contribution in [-0.4, -0.2) is 5.91 Å². The van der Waals surface area contributed by atoms with Crippen molar-refractivity contribution in [1.82, 2.24) is 5.32 Å². The molecule has 116 valence electrons. The van der Waals surface area contributed by atoms with Gasteiger partial charge in [-0.2, -0.15) is 0 Å². The minimum absolute atomic E-state index is 0.0461. The van der Waals surface area contributed by atoms with E-state index in [0.29, 0.717) is 6.42 Å². The van der Waals surface area contributed by atoms with E-state index in [1.54, 1.807) is 0 Å². The van der Waals surface area contributed by atoms with Gasteiger partial charge in [0.1, 0.15) is 0 Å². The van der Waals surface area contributed by atoms with Crippen LogP contribution in [0.15, 0.2) is 42.5 Å². The highest BCUT2D eigenvalue weighted by molar-refractivity contribution is 5.76. The third-order valence-electron chi connectivity index (χ3n) is 4.17. The van der Waals surface area contributed by atoms with Gasteiger partial charge in [0.15, 0.2) is 0 Å². The summed E-state index contributed by atoms with van der Waals surface area (Å²) in [6, 6.07) is 14.8. The molecule has 0 saturated carbocycles. The van der Waals surface area contributed by atoms with Crippen molar-refractivity contribution in [2.75, 3.05) is 0 Å². The Morgan fingerprint density at radius 3 is 2.32 bits per heavy atom. The molecule has 1 amide bonds. The van der Waals surface area contributed by atoms with Crippen molar-refractivity contribution in [3.8, 4) is 0 Å². The van der Waals surface area contributed by atoms with E-state index < -0.39 is 0 Å². The Hall–Kier alpha value is -2.09. The Balaban J connectivity index is 1.88. The van der Waals surface area contributed by atoms with Crippen LogP contribution in [-0.2, 0) is 11.2 Å². The fraction of sp³-hybridized carbons (Fsp3) is 0.350. The van der Waals surface area contributed by atoms with Crippen molar-refractivity contribution in [3.05, 3.63) is 70.3 Å². The van der Waals surface area contributed by atoms with E-state index in [2.05, 4.69) is 68.6 Å². The first-order valence-corrected chi connectivity index (χ1v) is 7.88. The van der Waals surface area contributed by atoms with Gasteiger partial charge in [-0.05, 0) is 56.4 Å². The van der Waals surface area contributed by atoms with Crippen LogP contribution < -0.4 is 5.32 Å². The molecule has 2 rings (SSSR count). The van der Waals surface area contributed by atoms with Gasteiger partial charge in [-0.3, -0.25) is 4.79 Å². The highest BCUT2D eigenvalue weighted by Gasteiger charge is 2.10. The van der Waals surface area contributed by atoms with Crippen molar-refractivity contribution in [1.29, 1.82) is 0 Å². The summed E-state index contributed by atoms with van der Waals surface area (Å²) in [7, 11) is 0. The van der Waals surface area contributed by atoms with Gasteiger partial charge in [-0.25, -0.2) is 0 Å². The first kappa shape index (κ1) is 16.3. The van der Waals surface area contributed by atoms with E-state index >= 15 is 0 Å². The van der Waals surface area contributed by atoms with E-state index in [1.165, 1.54) is 22.3 Å². The normalized spacial score (nSPS) is 12.0. The summed E-state index contributed by atoms with van der Waals surface area (Å²) in [5.41, 5.74) is 6.16. The molecule has 2 aromatic carbocycles. The average Bonchev–Trinajstić information content (AvgIpc) is 2.49. The maximum absolute atomic E-state index is 12.1. The van der Waals surface area contributed by atoms with Crippen molar-refractivity contribution in [2.45, 2.75) is 46.6 Å². The number of aryl methyl sites for hydroxylation is 4. The number of carbonyl (C=O) groups excluding carboxylic acids is 1. The van der Waals surface area contributed by atoms with Crippen LogP contribution in [0.2, 0.25) is 0 Å². The lowest BCUT2D eigenvalue weighted by Gasteiger charge is -2.16. The van der Waals surface area contributed by atoms with Crippen molar-refractivity contribution in [3.63, 3.8) is 0 Å². The highest BCUT2D eigenvalue weighted by atomic mass is 16.1. The smallest absolute Gasteiger partial charge is 0.220 e. The van der Waals surface area contributed by atoms with Crippen LogP contribution >= 0.6 is 0 Å². The van der Waals surface area contributed by atoms with E-state index in [0.717, 1.165) is 12.0 Å². The number of carbonyl (C=O) groups is 1. The molecule has 0 bridgehead atoms. The summed E-state index contributed by atoms with van der Waals surface area (Å²) >= 11 is 0. The zero-order valence-electron chi connectivity index (χ0n) is 13.9. The largest absolute Gasteiger partial charge is 0.350 e. The van der Waals surface area contributed by atoms with Crippen LogP contribution in [0.25, 0.3) is 0 Å². The van der Waals surface area contributed by atoms with Gasteiger partial charge < -0.3 is 5.32 Å². The zero-order valence-corrected chi connectivity index (χ0v) is 13.9. The molecule has 0 aromatic heterocycles. The Kier molecular flexibility index (Phi) is 5.37. The van der Waals surface area contributed by atoms with Crippen LogP contribution in [0.4, 0.5) is 0 Å². The van der Waals surface area contributed by atoms with Crippen molar-refractivity contribution < 1.29 is 4.79 Å². The SMILES string of the molecule is Cc1ccc(CCC(=O)N[C@H](C)c2ccc(C)c(C)c2)cc1. The summed E-state index contributed by atoms with van der Waals surface area (Å²) in [6.07, 6.45) is 1.31. The molecule has 0 unspecified atom stereocenters. The van der Waals surface area contributed by atoms with Gasteiger partial charge in [-0.15, -0.1) is 0 Å². The van der Waals surface area contributed by atoms with Gasteiger partial charge in [0.2, 0.25) is 5.91 Å². The molecule has 0 heterocycles. The predicted octanol–water partition coefficient (Wildman–Crippen LogP) is 4.42. The fourth-order valence-electron chi connectivity index (χ4n) is 2.44. The average molecular weight is 295 g/mol. The minimum Gasteiger partial charge on any atom is -0.350 e. The number of hydrogen-bond donors (Lipinski definition) is 1. The molecule has 0 aliphatic heterocycles. The molecular weight excluding hydrogens is 270 g/mol. The van der Waals surface area contributed by atoms with Gasteiger partial charge in [-0.1, -0.05) is 48.0 Å². The Labute approximate surface area is 133 Å². The predicted molar refractivity (Wildman–Crippen MR) is 92.0 cm³/mol. The van der Waals surface area contributed by atoms with Crippen LogP contribution in [0, 0.1) is 20.8 Å². The number of rotatable bonds is 5. The van der Waals surface area contributed by atoms with Crippen LogP contribution in [0.5, 0.6) is 0 Å². The summed E-state index contributed by atoms with van der Waals surface area (Å²) in [5, 5.41) is 3.09. The number of nitrogens with one attached hydrogen (secondary N) is 1. The van der Waals surface area contributed by atoms with E-state index in [-0.39, 0.29) is 11.9 Å². The molecule has 2 aromatic rings. The maximum Gasteiger partial charge on any atom is 0.220 e. The van der Waals surface area contributed by atoms with Crippen molar-refractivity contribution in [2.24, 2.45) is 0 Å². The van der Waals surface area contributed by atoms with E-state index in [4.69, 9.17) is 0 Å². The van der Waals surface area contributed by atoms with Crippen molar-refractivity contribution >= 4 is 5.91 Å². The molecule has 1 N–H and O–H groups in total. The first-order chi connectivity index (χ1) is 10.5. The van der Waals surface area contributed by atoms with Gasteiger partial charge in [0.25, 0.3) is 0 Å². The second-order valence-electron chi connectivity index (χ2n) is 6.12. The summed E-state index contributed by atoms with van der Waals surface area (Å²) in [5.74, 6) is 0.103. The summed E-state index contributed by atoms with van der Waals surface area (Å²) < 4.78 is 0. The third-order valence-corrected chi connectivity index (χ3v) is 4.17. The lowest BCUT2D eigenvalue weighted by Crippen LogP contribution is -2.26. The minimum atomic E-state index is 0.0461. The quantitative estimate of drug-likeness (QED) is 0.869. The second kappa shape index (κ2) is 7.26. The number of benzene rings is 2. The molecule has 0 fully saturated rings. The molecule has 0 saturated heterocycles. The molecule has 0 spiro atoms. The van der Waals surface area contributed by atoms with E-state index in [9.17, 15) is 4.79 Å². The lowest BCUT2D eigenvalue weighted by molar-refractivity contribution is -0.121. The Morgan fingerprint density at radius 1 is 1.00 bits per heavy atom. The molecular formula is C20H25NO. The van der Waals surface area contributed by atoms with Gasteiger partial charge in [0.05, 0.1) is 6.04 Å². The summed E-state index contributed by atoms with van der Waals surface area (Å²) in [6.45, 7) is 8.31. The molecule has 2 heteroatoms. The monoisotopic (exact) mass is 295 g/mol. The molecule has 22 heavy (non-hydrogen) atoms.